The van der Waals surface area contributed by atoms with Crippen molar-refractivity contribution in [2.75, 3.05) is 19.0 Å². The summed E-state index contributed by atoms with van der Waals surface area (Å²) in [7, 11) is 0. The lowest BCUT2D eigenvalue weighted by Crippen LogP contribution is -2.16. The zero-order valence-corrected chi connectivity index (χ0v) is 16.6. The van der Waals surface area contributed by atoms with Gasteiger partial charge in [-0.3, -0.25) is 4.99 Å². The summed E-state index contributed by atoms with van der Waals surface area (Å²) in [6.45, 7) is 3.38. The fourth-order valence-corrected chi connectivity index (χ4v) is 4.69. The van der Waals surface area contributed by atoms with Crippen molar-refractivity contribution in [3.63, 3.8) is 0 Å². The monoisotopic (exact) mass is 390 g/mol. The Balaban J connectivity index is 1.57. The van der Waals surface area contributed by atoms with Gasteiger partial charge in [-0.2, -0.15) is 0 Å². The molecule has 2 aromatic carbocycles. The lowest BCUT2D eigenvalue weighted by atomic mass is 10.0. The van der Waals surface area contributed by atoms with E-state index in [4.69, 9.17) is 14.5 Å². The summed E-state index contributed by atoms with van der Waals surface area (Å²) in [6.07, 6.45) is 3.06. The molecular formula is C23H22N2O2S. The molecule has 0 aliphatic carbocycles. The number of aromatic nitrogens is 1. The summed E-state index contributed by atoms with van der Waals surface area (Å²) in [5.41, 5.74) is 4.61. The van der Waals surface area contributed by atoms with Crippen molar-refractivity contribution in [2.24, 2.45) is 4.99 Å². The van der Waals surface area contributed by atoms with E-state index in [1.165, 1.54) is 10.5 Å². The standard InChI is InChI=1S/C23H22N2O2S/c1-2-18-17-13-22-23(27-12-11-26-22)14-21(17)25-10-6-9-20(25)19(24-18)15-28-16-7-4-3-5-8-16/h3-10,13-14,18H,2,11-12,15H2,1H3/t18-/m1/s1. The predicted octanol–water partition coefficient (Wildman–Crippen LogP) is 5.29. The van der Waals surface area contributed by atoms with Gasteiger partial charge in [0.15, 0.2) is 11.5 Å². The van der Waals surface area contributed by atoms with Crippen molar-refractivity contribution >= 4 is 17.5 Å². The number of rotatable bonds is 4. The number of nitrogens with zero attached hydrogens (tertiary/aromatic N) is 2. The second-order valence-electron chi connectivity index (χ2n) is 6.92. The Morgan fingerprint density at radius 1 is 1.04 bits per heavy atom. The summed E-state index contributed by atoms with van der Waals surface area (Å²) in [5.74, 6) is 2.49. The Morgan fingerprint density at radius 3 is 2.61 bits per heavy atom. The predicted molar refractivity (Wildman–Crippen MR) is 113 cm³/mol. The molecule has 0 amide bonds. The van der Waals surface area contributed by atoms with Crippen molar-refractivity contribution in [2.45, 2.75) is 24.3 Å². The first-order valence-corrected chi connectivity index (χ1v) is 10.7. The zero-order chi connectivity index (χ0) is 18.9. The third kappa shape index (κ3) is 3.10. The quantitative estimate of drug-likeness (QED) is 0.568. The van der Waals surface area contributed by atoms with Crippen LogP contribution in [-0.4, -0.2) is 29.2 Å². The van der Waals surface area contributed by atoms with Crippen LogP contribution < -0.4 is 9.47 Å². The van der Waals surface area contributed by atoms with Crippen LogP contribution in [0.4, 0.5) is 0 Å². The Kier molecular flexibility index (Phi) is 4.61. The van der Waals surface area contributed by atoms with Gasteiger partial charge in [0.1, 0.15) is 13.2 Å². The first-order chi connectivity index (χ1) is 13.8. The maximum Gasteiger partial charge on any atom is 0.163 e. The minimum absolute atomic E-state index is 0.108. The van der Waals surface area contributed by atoms with E-state index in [-0.39, 0.29) is 6.04 Å². The molecule has 5 rings (SSSR count). The fraction of sp³-hybridized carbons (Fsp3) is 0.261. The first kappa shape index (κ1) is 17.4. The first-order valence-electron chi connectivity index (χ1n) is 9.69. The van der Waals surface area contributed by atoms with Crippen LogP contribution in [0.3, 0.4) is 0 Å². The highest BCUT2D eigenvalue weighted by molar-refractivity contribution is 8.00. The average Bonchev–Trinajstić information content (AvgIpc) is 3.19. The average molecular weight is 391 g/mol. The van der Waals surface area contributed by atoms with Gasteiger partial charge in [0.25, 0.3) is 0 Å². The Hall–Kier alpha value is -2.66. The summed E-state index contributed by atoms with van der Waals surface area (Å²) in [6, 6.07) is 19.1. The van der Waals surface area contributed by atoms with Crippen LogP contribution in [0.2, 0.25) is 0 Å². The number of benzene rings is 2. The van der Waals surface area contributed by atoms with Gasteiger partial charge in [-0.05, 0) is 36.8 Å². The number of fused-ring (bicyclic) bond motifs is 4. The van der Waals surface area contributed by atoms with Gasteiger partial charge in [-0.15, -0.1) is 11.8 Å². The van der Waals surface area contributed by atoms with Crippen molar-refractivity contribution in [1.29, 1.82) is 0 Å². The highest BCUT2D eigenvalue weighted by atomic mass is 32.2. The normalized spacial score (nSPS) is 17.3. The number of hydrogen-bond acceptors (Lipinski definition) is 4. The maximum atomic E-state index is 5.84. The fourth-order valence-electron chi connectivity index (χ4n) is 3.81. The number of ether oxygens (including phenoxy) is 2. The van der Waals surface area contributed by atoms with Crippen LogP contribution >= 0.6 is 11.8 Å². The summed E-state index contributed by atoms with van der Waals surface area (Å²) < 4.78 is 13.9. The molecule has 0 unspecified atom stereocenters. The number of aliphatic imine (C=N–C) groups is 1. The largest absolute Gasteiger partial charge is 0.486 e. The molecule has 0 N–H and O–H groups in total. The Bertz CT molecular complexity index is 1030. The molecule has 0 bridgehead atoms. The van der Waals surface area contributed by atoms with E-state index in [9.17, 15) is 0 Å². The summed E-state index contributed by atoms with van der Waals surface area (Å²) in [5, 5.41) is 0. The SMILES string of the molecule is CC[C@H]1N=C(CSc2ccccc2)c2cccn2-c2cc3c(cc21)OCCO3. The van der Waals surface area contributed by atoms with Crippen molar-refractivity contribution in [1.82, 2.24) is 4.57 Å². The minimum Gasteiger partial charge on any atom is -0.486 e. The molecule has 4 nitrogen and oxygen atoms in total. The van der Waals surface area contributed by atoms with Gasteiger partial charge in [0, 0.05) is 28.5 Å². The van der Waals surface area contributed by atoms with Crippen LogP contribution in [-0.2, 0) is 0 Å². The smallest absolute Gasteiger partial charge is 0.163 e. The third-order valence-electron chi connectivity index (χ3n) is 5.17. The van der Waals surface area contributed by atoms with E-state index in [0.717, 1.165) is 40.8 Å². The Labute approximate surface area is 169 Å². The number of hydrogen-bond donors (Lipinski definition) is 0. The molecule has 0 spiro atoms. The van der Waals surface area contributed by atoms with Gasteiger partial charge >= 0.3 is 0 Å². The van der Waals surface area contributed by atoms with Crippen LogP contribution in [0.1, 0.15) is 30.6 Å². The third-order valence-corrected chi connectivity index (χ3v) is 6.19. The molecule has 0 radical (unpaired) electrons. The van der Waals surface area contributed by atoms with Crippen LogP contribution in [0, 0.1) is 0 Å². The van der Waals surface area contributed by atoms with E-state index < -0.39 is 0 Å². The molecule has 0 saturated carbocycles. The molecule has 1 aromatic heterocycles. The van der Waals surface area contributed by atoms with Gasteiger partial charge in [0.05, 0.1) is 23.1 Å². The minimum atomic E-state index is 0.108. The number of thioether (sulfide) groups is 1. The van der Waals surface area contributed by atoms with Crippen molar-refractivity contribution in [3.05, 3.63) is 72.1 Å². The van der Waals surface area contributed by atoms with E-state index in [1.807, 2.05) is 17.8 Å². The van der Waals surface area contributed by atoms with Gasteiger partial charge in [-0.1, -0.05) is 25.1 Å². The highest BCUT2D eigenvalue weighted by Gasteiger charge is 2.26. The molecule has 5 heteroatoms. The van der Waals surface area contributed by atoms with Crippen molar-refractivity contribution in [3.8, 4) is 17.2 Å². The van der Waals surface area contributed by atoms with E-state index in [2.05, 4.69) is 66.2 Å². The van der Waals surface area contributed by atoms with Crippen LogP contribution in [0.5, 0.6) is 11.5 Å². The molecule has 0 fully saturated rings. The Morgan fingerprint density at radius 2 is 1.82 bits per heavy atom. The topological polar surface area (TPSA) is 35.8 Å². The maximum absolute atomic E-state index is 5.84. The molecule has 1 atom stereocenters. The lowest BCUT2D eigenvalue weighted by molar-refractivity contribution is 0.171. The van der Waals surface area contributed by atoms with Gasteiger partial charge in [-0.25, -0.2) is 0 Å². The highest BCUT2D eigenvalue weighted by Crippen LogP contribution is 2.41. The molecule has 2 aliphatic heterocycles. The molecular weight excluding hydrogens is 368 g/mol. The molecule has 28 heavy (non-hydrogen) atoms. The molecule has 3 aromatic rings. The summed E-state index contributed by atoms with van der Waals surface area (Å²) in [4.78, 5) is 6.45. The van der Waals surface area contributed by atoms with Crippen molar-refractivity contribution < 1.29 is 9.47 Å². The second kappa shape index (κ2) is 7.40. The molecule has 142 valence electrons. The molecule has 2 aliphatic rings. The van der Waals surface area contributed by atoms with Crippen LogP contribution in [0.15, 0.2) is 70.7 Å². The zero-order valence-electron chi connectivity index (χ0n) is 15.8. The van der Waals surface area contributed by atoms with E-state index in [1.54, 1.807) is 0 Å². The summed E-state index contributed by atoms with van der Waals surface area (Å²) >= 11 is 1.83. The second-order valence-corrected chi connectivity index (χ2v) is 7.97. The van der Waals surface area contributed by atoms with Crippen LogP contribution in [0.25, 0.3) is 5.69 Å². The van der Waals surface area contributed by atoms with E-state index in [0.29, 0.717) is 13.2 Å². The molecule has 0 saturated heterocycles. The van der Waals surface area contributed by atoms with Gasteiger partial charge < -0.3 is 14.0 Å². The van der Waals surface area contributed by atoms with E-state index >= 15 is 0 Å². The lowest BCUT2D eigenvalue weighted by Gasteiger charge is -2.23. The molecule has 3 heterocycles. The van der Waals surface area contributed by atoms with Gasteiger partial charge in [0.2, 0.25) is 0 Å².